The molecule has 1 amide bonds. The van der Waals surface area contributed by atoms with Crippen molar-refractivity contribution in [3.63, 3.8) is 0 Å². The molecule has 0 aliphatic heterocycles. The van der Waals surface area contributed by atoms with Crippen molar-refractivity contribution in [3.8, 4) is 5.75 Å². The highest BCUT2D eigenvalue weighted by molar-refractivity contribution is 6.55. The molecule has 0 saturated carbocycles. The number of carbonyl (C=O) groups is 1. The van der Waals surface area contributed by atoms with Gasteiger partial charge in [-0.05, 0) is 20.8 Å². The van der Waals surface area contributed by atoms with E-state index < -0.39 is 0 Å². The van der Waals surface area contributed by atoms with Gasteiger partial charge in [0.2, 0.25) is 0 Å². The van der Waals surface area contributed by atoms with Gasteiger partial charge >= 0.3 is 0 Å². The molecule has 3 nitrogen and oxygen atoms in total. The minimum atomic E-state index is -0.372. The molecule has 0 aromatic heterocycles. The standard InChI is InChI=1S/C12H12Cl5NO2/c1-12(2,3)18-5(19)4-20-11-9(16)7(14)6(13)8(15)10(11)17/h4H2,1-3H3,(H,18,19). The number of amides is 1. The fourth-order valence-electron chi connectivity index (χ4n) is 1.30. The van der Waals surface area contributed by atoms with Gasteiger partial charge < -0.3 is 10.1 Å². The van der Waals surface area contributed by atoms with Crippen molar-refractivity contribution < 1.29 is 9.53 Å². The van der Waals surface area contributed by atoms with Crippen LogP contribution in [0.4, 0.5) is 0 Å². The van der Waals surface area contributed by atoms with Crippen molar-refractivity contribution in [2.45, 2.75) is 26.3 Å². The lowest BCUT2D eigenvalue weighted by Gasteiger charge is -2.21. The fraction of sp³-hybridized carbons (Fsp3) is 0.417. The van der Waals surface area contributed by atoms with Gasteiger partial charge in [0.15, 0.2) is 12.4 Å². The van der Waals surface area contributed by atoms with E-state index in [0.29, 0.717) is 0 Å². The zero-order valence-corrected chi connectivity index (χ0v) is 14.7. The summed E-state index contributed by atoms with van der Waals surface area (Å²) < 4.78 is 5.29. The molecule has 0 radical (unpaired) electrons. The number of hydrogen-bond donors (Lipinski definition) is 1. The van der Waals surface area contributed by atoms with Gasteiger partial charge in [-0.2, -0.15) is 0 Å². The second-order valence-electron chi connectivity index (χ2n) is 4.99. The van der Waals surface area contributed by atoms with Gasteiger partial charge in [-0.25, -0.2) is 0 Å². The number of ether oxygens (including phenoxy) is 1. The lowest BCUT2D eigenvalue weighted by molar-refractivity contribution is -0.124. The van der Waals surface area contributed by atoms with Crippen molar-refractivity contribution >= 4 is 63.9 Å². The molecular formula is C12H12Cl5NO2. The van der Waals surface area contributed by atoms with Crippen molar-refractivity contribution in [1.29, 1.82) is 0 Å². The number of halogens is 5. The SMILES string of the molecule is CC(C)(C)NC(=O)COc1c(Cl)c(Cl)c(Cl)c(Cl)c1Cl. The van der Waals surface area contributed by atoms with Crippen molar-refractivity contribution in [2.75, 3.05) is 6.61 Å². The van der Waals surface area contributed by atoms with Gasteiger partial charge in [0.1, 0.15) is 10.0 Å². The topological polar surface area (TPSA) is 38.3 Å². The molecule has 1 aromatic rings. The first-order valence-electron chi connectivity index (χ1n) is 5.50. The van der Waals surface area contributed by atoms with Crippen LogP contribution in [0.5, 0.6) is 5.75 Å². The van der Waals surface area contributed by atoms with Crippen LogP contribution in [0.15, 0.2) is 0 Å². The van der Waals surface area contributed by atoms with Gasteiger partial charge in [-0.3, -0.25) is 4.79 Å². The van der Waals surface area contributed by atoms with E-state index in [1.807, 2.05) is 20.8 Å². The van der Waals surface area contributed by atoms with E-state index in [9.17, 15) is 4.79 Å². The molecule has 0 saturated heterocycles. The second kappa shape index (κ2) is 6.80. The fourth-order valence-corrected chi connectivity index (χ4v) is 2.53. The van der Waals surface area contributed by atoms with Gasteiger partial charge in [0, 0.05) is 5.54 Å². The zero-order chi connectivity index (χ0) is 15.7. The lowest BCUT2D eigenvalue weighted by atomic mass is 10.1. The van der Waals surface area contributed by atoms with E-state index in [-0.39, 0.29) is 48.9 Å². The van der Waals surface area contributed by atoms with E-state index in [4.69, 9.17) is 62.7 Å². The summed E-state index contributed by atoms with van der Waals surface area (Å²) in [4.78, 5) is 11.7. The highest BCUT2D eigenvalue weighted by Gasteiger charge is 2.22. The van der Waals surface area contributed by atoms with E-state index in [0.717, 1.165) is 0 Å². The first-order chi connectivity index (χ1) is 9.04. The van der Waals surface area contributed by atoms with Crippen LogP contribution in [0.1, 0.15) is 20.8 Å². The van der Waals surface area contributed by atoms with Crippen LogP contribution in [0, 0.1) is 0 Å². The summed E-state index contributed by atoms with van der Waals surface area (Å²) in [5, 5.41) is 2.83. The van der Waals surface area contributed by atoms with E-state index in [1.54, 1.807) is 0 Å². The van der Waals surface area contributed by atoms with Crippen LogP contribution in [0.25, 0.3) is 0 Å². The predicted octanol–water partition coefficient (Wildman–Crippen LogP) is 5.25. The molecule has 0 spiro atoms. The van der Waals surface area contributed by atoms with Gasteiger partial charge in [-0.1, -0.05) is 58.0 Å². The number of hydrogen-bond acceptors (Lipinski definition) is 2. The maximum Gasteiger partial charge on any atom is 0.258 e. The largest absolute Gasteiger partial charge is 0.481 e. The molecule has 1 rings (SSSR count). The summed E-state index contributed by atoms with van der Waals surface area (Å²) in [6.07, 6.45) is 0. The molecule has 0 aliphatic rings. The van der Waals surface area contributed by atoms with Crippen molar-refractivity contribution in [1.82, 2.24) is 5.32 Å². The average Bonchev–Trinajstić information content (AvgIpc) is 2.32. The summed E-state index contributed by atoms with van der Waals surface area (Å²) in [6, 6.07) is 0. The molecule has 20 heavy (non-hydrogen) atoms. The quantitative estimate of drug-likeness (QED) is 0.576. The molecule has 0 unspecified atom stereocenters. The van der Waals surface area contributed by atoms with Gasteiger partial charge in [0.05, 0.1) is 15.1 Å². The van der Waals surface area contributed by atoms with Crippen LogP contribution in [0.3, 0.4) is 0 Å². The Labute approximate surface area is 142 Å². The van der Waals surface area contributed by atoms with Crippen molar-refractivity contribution in [2.24, 2.45) is 0 Å². The molecule has 0 atom stereocenters. The molecule has 0 heterocycles. The molecule has 0 bridgehead atoms. The third kappa shape index (κ3) is 4.47. The number of carbonyl (C=O) groups excluding carboxylic acids is 1. The third-order valence-electron chi connectivity index (χ3n) is 2.03. The van der Waals surface area contributed by atoms with E-state index in [1.165, 1.54) is 0 Å². The first kappa shape index (κ1) is 18.0. The predicted molar refractivity (Wildman–Crippen MR) is 84.9 cm³/mol. The maximum absolute atomic E-state index is 11.7. The Morgan fingerprint density at radius 3 is 1.75 bits per heavy atom. The number of rotatable bonds is 3. The second-order valence-corrected chi connectivity index (χ2v) is 6.88. The highest BCUT2D eigenvalue weighted by atomic mass is 35.5. The molecule has 0 fully saturated rings. The molecule has 1 N–H and O–H groups in total. The minimum Gasteiger partial charge on any atom is -0.481 e. The number of benzene rings is 1. The highest BCUT2D eigenvalue weighted by Crippen LogP contribution is 2.48. The lowest BCUT2D eigenvalue weighted by Crippen LogP contribution is -2.43. The van der Waals surface area contributed by atoms with E-state index >= 15 is 0 Å². The Morgan fingerprint density at radius 2 is 1.35 bits per heavy atom. The van der Waals surface area contributed by atoms with Crippen LogP contribution >= 0.6 is 58.0 Å². The van der Waals surface area contributed by atoms with Gasteiger partial charge in [0.25, 0.3) is 5.91 Å². The zero-order valence-electron chi connectivity index (χ0n) is 10.9. The van der Waals surface area contributed by atoms with Crippen LogP contribution < -0.4 is 10.1 Å². The molecule has 1 aromatic carbocycles. The monoisotopic (exact) mass is 377 g/mol. The number of nitrogens with one attached hydrogen (secondary N) is 1. The summed E-state index contributed by atoms with van der Waals surface area (Å²) in [7, 11) is 0. The van der Waals surface area contributed by atoms with Crippen molar-refractivity contribution in [3.05, 3.63) is 25.1 Å². The Morgan fingerprint density at radius 1 is 0.950 bits per heavy atom. The summed E-state index contributed by atoms with van der Waals surface area (Å²) >= 11 is 29.6. The van der Waals surface area contributed by atoms with E-state index in [2.05, 4.69) is 5.32 Å². The normalized spacial score (nSPS) is 11.4. The van der Waals surface area contributed by atoms with Gasteiger partial charge in [-0.15, -0.1) is 0 Å². The molecule has 8 heteroatoms. The third-order valence-corrected chi connectivity index (χ3v) is 4.27. The molecule has 112 valence electrons. The Hall–Kier alpha value is -0.0600. The summed E-state index contributed by atoms with van der Waals surface area (Å²) in [6.45, 7) is 5.27. The Balaban J connectivity index is 2.92. The Bertz CT molecular complexity index is 511. The average molecular weight is 379 g/mol. The maximum atomic E-state index is 11.7. The van der Waals surface area contributed by atoms with Crippen LogP contribution in [0.2, 0.25) is 25.1 Å². The Kier molecular flexibility index (Phi) is 6.12. The molecular weight excluding hydrogens is 367 g/mol. The minimum absolute atomic E-state index is 0.00891. The smallest absolute Gasteiger partial charge is 0.258 e. The van der Waals surface area contributed by atoms with Crippen LogP contribution in [-0.4, -0.2) is 18.1 Å². The summed E-state index contributed by atoms with van der Waals surface area (Å²) in [5.41, 5.74) is -0.372. The first-order valence-corrected chi connectivity index (χ1v) is 7.39. The molecule has 0 aliphatic carbocycles. The summed E-state index contributed by atoms with van der Waals surface area (Å²) in [5.74, 6) is -0.302. The van der Waals surface area contributed by atoms with Crippen LogP contribution in [-0.2, 0) is 4.79 Å².